The summed E-state index contributed by atoms with van der Waals surface area (Å²) in [4.78, 5) is 7.00. The van der Waals surface area contributed by atoms with Crippen LogP contribution in [0.1, 0.15) is 18.4 Å². The average Bonchev–Trinajstić information content (AvgIpc) is 3.25. The van der Waals surface area contributed by atoms with Crippen molar-refractivity contribution in [3.8, 4) is 28.2 Å². The second kappa shape index (κ2) is 9.02. The van der Waals surface area contributed by atoms with Crippen molar-refractivity contribution in [2.45, 2.75) is 25.4 Å². The van der Waals surface area contributed by atoms with Gasteiger partial charge in [-0.2, -0.15) is 5.10 Å². The van der Waals surface area contributed by atoms with E-state index in [0.717, 1.165) is 54.1 Å². The summed E-state index contributed by atoms with van der Waals surface area (Å²) in [7, 11) is 0. The first-order valence-electron chi connectivity index (χ1n) is 11.0. The molecule has 32 heavy (non-hydrogen) atoms. The first-order valence-corrected chi connectivity index (χ1v) is 11.0. The van der Waals surface area contributed by atoms with Crippen molar-refractivity contribution < 1.29 is 4.39 Å². The van der Waals surface area contributed by atoms with E-state index in [1.165, 1.54) is 6.07 Å². The molecule has 1 aliphatic heterocycles. The van der Waals surface area contributed by atoms with Gasteiger partial charge in [-0.05, 0) is 50.2 Å². The van der Waals surface area contributed by atoms with Gasteiger partial charge < -0.3 is 5.73 Å². The highest BCUT2D eigenvalue weighted by molar-refractivity contribution is 5.67. The van der Waals surface area contributed by atoms with Crippen LogP contribution in [0.25, 0.3) is 28.2 Å². The molecule has 1 saturated heterocycles. The number of nitrogens with zero attached hydrogens (tertiary/aromatic N) is 4. The minimum atomic E-state index is -0.259. The van der Waals surface area contributed by atoms with Gasteiger partial charge in [0.05, 0.1) is 29.5 Å². The summed E-state index contributed by atoms with van der Waals surface area (Å²) >= 11 is 0. The summed E-state index contributed by atoms with van der Waals surface area (Å²) in [6.45, 7) is 2.60. The first kappa shape index (κ1) is 20.5. The third-order valence-electron chi connectivity index (χ3n) is 6.06. The second-order valence-electron chi connectivity index (χ2n) is 8.29. The van der Waals surface area contributed by atoms with E-state index < -0.39 is 0 Å². The highest BCUT2D eigenvalue weighted by Crippen LogP contribution is 2.30. The van der Waals surface area contributed by atoms with E-state index in [0.29, 0.717) is 12.1 Å². The summed E-state index contributed by atoms with van der Waals surface area (Å²) in [5.74, 6) is -0.259. The number of halogens is 1. The van der Waals surface area contributed by atoms with Gasteiger partial charge in [-0.25, -0.2) is 9.07 Å². The van der Waals surface area contributed by atoms with Crippen molar-refractivity contribution in [2.24, 2.45) is 5.73 Å². The van der Waals surface area contributed by atoms with Crippen LogP contribution in [0.3, 0.4) is 0 Å². The zero-order valence-corrected chi connectivity index (χ0v) is 17.9. The van der Waals surface area contributed by atoms with E-state index in [4.69, 9.17) is 5.73 Å². The average molecular weight is 428 g/mol. The number of pyridine rings is 1. The Morgan fingerprint density at radius 3 is 2.38 bits per heavy atom. The molecule has 0 spiro atoms. The van der Waals surface area contributed by atoms with E-state index in [-0.39, 0.29) is 11.9 Å². The lowest BCUT2D eigenvalue weighted by molar-refractivity contribution is 0.206. The molecule has 0 aliphatic carbocycles. The molecule has 0 atom stereocenters. The smallest absolute Gasteiger partial charge is 0.132 e. The number of piperidine rings is 1. The van der Waals surface area contributed by atoms with Crippen molar-refractivity contribution in [1.82, 2.24) is 19.7 Å². The van der Waals surface area contributed by atoms with Gasteiger partial charge in [-0.15, -0.1) is 0 Å². The number of hydrogen-bond acceptors (Lipinski definition) is 4. The van der Waals surface area contributed by atoms with Gasteiger partial charge in [0.1, 0.15) is 5.82 Å². The monoisotopic (exact) mass is 427 g/mol. The largest absolute Gasteiger partial charge is 0.328 e. The molecule has 0 amide bonds. The Kier molecular flexibility index (Phi) is 5.79. The van der Waals surface area contributed by atoms with Crippen molar-refractivity contribution >= 4 is 0 Å². The molecule has 2 aromatic heterocycles. The summed E-state index contributed by atoms with van der Waals surface area (Å²) in [6.07, 6.45) is 5.60. The van der Waals surface area contributed by atoms with Crippen LogP contribution >= 0.6 is 0 Å². The zero-order valence-electron chi connectivity index (χ0n) is 17.9. The molecule has 3 heterocycles. The predicted molar refractivity (Wildman–Crippen MR) is 125 cm³/mol. The Labute approximate surface area is 187 Å². The number of nitrogens with two attached hydrogens (primary N) is 1. The Balaban J connectivity index is 1.52. The Hall–Kier alpha value is -3.35. The summed E-state index contributed by atoms with van der Waals surface area (Å²) in [6, 6.07) is 21.1. The number of benzene rings is 2. The molecule has 4 aromatic rings. The van der Waals surface area contributed by atoms with Crippen molar-refractivity contribution in [3.63, 3.8) is 0 Å². The molecule has 2 N–H and O–H groups in total. The molecule has 1 aliphatic rings. The molecule has 0 unspecified atom stereocenters. The van der Waals surface area contributed by atoms with Gasteiger partial charge in [-0.1, -0.05) is 42.5 Å². The highest BCUT2D eigenvalue weighted by atomic mass is 19.1. The standard InChI is InChI=1S/C26H26FN5/c27-24-9-5-4-8-23(24)26-20(18-31-14-12-21(28)13-15-31)16-30-32(26)22-10-11-25(29-17-22)19-6-2-1-3-7-19/h1-11,16-17,21H,12-15,18,28H2. The molecule has 2 aromatic carbocycles. The lowest BCUT2D eigenvalue weighted by Crippen LogP contribution is -2.39. The fourth-order valence-corrected chi connectivity index (χ4v) is 4.28. The van der Waals surface area contributed by atoms with Crippen LogP contribution in [-0.4, -0.2) is 38.8 Å². The zero-order chi connectivity index (χ0) is 21.9. The van der Waals surface area contributed by atoms with Crippen LogP contribution in [0.4, 0.5) is 4.39 Å². The number of likely N-dealkylation sites (tertiary alicyclic amines) is 1. The molecule has 0 radical (unpaired) electrons. The minimum Gasteiger partial charge on any atom is -0.328 e. The summed E-state index contributed by atoms with van der Waals surface area (Å²) in [5, 5.41) is 4.65. The van der Waals surface area contributed by atoms with Gasteiger partial charge in [-0.3, -0.25) is 9.88 Å². The molecule has 5 rings (SSSR count). The molecule has 1 fully saturated rings. The lowest BCUT2D eigenvalue weighted by atomic mass is 10.0. The number of rotatable bonds is 5. The van der Waals surface area contributed by atoms with Crippen molar-refractivity contribution in [2.75, 3.05) is 13.1 Å². The molecular formula is C26H26FN5. The Bertz CT molecular complexity index is 1180. The topological polar surface area (TPSA) is 60.0 Å². The van der Waals surface area contributed by atoms with E-state index in [9.17, 15) is 4.39 Å². The molecule has 6 heteroatoms. The maximum atomic E-state index is 14.9. The van der Waals surface area contributed by atoms with Gasteiger partial charge in [0.2, 0.25) is 0 Å². The minimum absolute atomic E-state index is 0.259. The number of aromatic nitrogens is 3. The quantitative estimate of drug-likeness (QED) is 0.503. The van der Waals surface area contributed by atoms with Crippen LogP contribution in [0.5, 0.6) is 0 Å². The van der Waals surface area contributed by atoms with Crippen molar-refractivity contribution in [3.05, 3.63) is 90.5 Å². The maximum Gasteiger partial charge on any atom is 0.132 e. The molecule has 162 valence electrons. The highest BCUT2D eigenvalue weighted by Gasteiger charge is 2.22. The Morgan fingerprint density at radius 2 is 1.66 bits per heavy atom. The first-order chi connectivity index (χ1) is 15.7. The molecule has 0 saturated carbocycles. The summed E-state index contributed by atoms with van der Waals surface area (Å²) in [5.41, 5.74) is 11.1. The lowest BCUT2D eigenvalue weighted by Gasteiger charge is -2.30. The van der Waals surface area contributed by atoms with Crippen LogP contribution < -0.4 is 5.73 Å². The summed E-state index contributed by atoms with van der Waals surface area (Å²) < 4.78 is 16.7. The van der Waals surface area contributed by atoms with Crippen LogP contribution in [0.15, 0.2) is 79.1 Å². The second-order valence-corrected chi connectivity index (χ2v) is 8.29. The molecular weight excluding hydrogens is 401 g/mol. The van der Waals surface area contributed by atoms with Gasteiger partial charge in [0.15, 0.2) is 0 Å². The van der Waals surface area contributed by atoms with Gasteiger partial charge >= 0.3 is 0 Å². The van der Waals surface area contributed by atoms with Crippen LogP contribution in [-0.2, 0) is 6.54 Å². The van der Waals surface area contributed by atoms with Crippen molar-refractivity contribution in [1.29, 1.82) is 0 Å². The van der Waals surface area contributed by atoms with E-state index in [1.54, 1.807) is 16.9 Å². The normalized spacial score (nSPS) is 15.2. The third-order valence-corrected chi connectivity index (χ3v) is 6.06. The molecule has 5 nitrogen and oxygen atoms in total. The van der Waals surface area contributed by atoms with Gasteiger partial charge in [0.25, 0.3) is 0 Å². The van der Waals surface area contributed by atoms with Gasteiger partial charge in [0, 0.05) is 29.3 Å². The van der Waals surface area contributed by atoms with Crippen LogP contribution in [0, 0.1) is 5.82 Å². The fourth-order valence-electron chi connectivity index (χ4n) is 4.28. The SMILES string of the molecule is NC1CCN(Cc2cnn(-c3ccc(-c4ccccc4)nc3)c2-c2ccccc2F)CC1. The third kappa shape index (κ3) is 4.20. The van der Waals surface area contributed by atoms with Crippen LogP contribution in [0.2, 0.25) is 0 Å². The maximum absolute atomic E-state index is 14.9. The van der Waals surface area contributed by atoms with E-state index in [2.05, 4.69) is 15.0 Å². The fraction of sp³-hybridized carbons (Fsp3) is 0.231. The van der Waals surface area contributed by atoms with E-state index in [1.807, 2.05) is 60.8 Å². The predicted octanol–water partition coefficient (Wildman–Crippen LogP) is 4.66. The van der Waals surface area contributed by atoms with E-state index >= 15 is 0 Å². The molecule has 0 bridgehead atoms. The number of hydrogen-bond donors (Lipinski definition) is 1. The Morgan fingerprint density at radius 1 is 0.906 bits per heavy atom.